The van der Waals surface area contributed by atoms with Crippen molar-refractivity contribution in [1.82, 2.24) is 4.40 Å². The van der Waals surface area contributed by atoms with Crippen LogP contribution >= 0.6 is 11.8 Å². The Morgan fingerprint density at radius 2 is 1.94 bits per heavy atom. The van der Waals surface area contributed by atoms with Gasteiger partial charge >= 0.3 is 0 Å². The zero-order chi connectivity index (χ0) is 13.2. The molecule has 98 valence electrons. The van der Waals surface area contributed by atoms with E-state index in [9.17, 15) is 0 Å². The second kappa shape index (κ2) is 5.40. The molecule has 0 aliphatic heterocycles. The molecule has 0 aromatic carbocycles. The summed E-state index contributed by atoms with van der Waals surface area (Å²) in [6.45, 7) is 9.01. The SMILES string of the molecule is CCSCCc1ccc2cc(C(C)(C)C)cn2c1. The van der Waals surface area contributed by atoms with Crippen molar-refractivity contribution in [3.8, 4) is 0 Å². The van der Waals surface area contributed by atoms with Crippen LogP contribution in [0.25, 0.3) is 5.52 Å². The molecular formula is C16H23NS. The van der Waals surface area contributed by atoms with Gasteiger partial charge in [-0.3, -0.25) is 0 Å². The van der Waals surface area contributed by atoms with Crippen LogP contribution in [0.4, 0.5) is 0 Å². The highest BCUT2D eigenvalue weighted by atomic mass is 32.2. The van der Waals surface area contributed by atoms with E-state index in [-0.39, 0.29) is 5.41 Å². The Bertz CT molecular complexity index is 519. The lowest BCUT2D eigenvalue weighted by molar-refractivity contribution is 0.590. The Balaban J connectivity index is 2.23. The van der Waals surface area contributed by atoms with Gasteiger partial charge in [-0.2, -0.15) is 11.8 Å². The van der Waals surface area contributed by atoms with E-state index in [2.05, 4.69) is 62.7 Å². The Morgan fingerprint density at radius 3 is 2.61 bits per heavy atom. The normalized spacial score (nSPS) is 12.2. The molecule has 0 amide bonds. The van der Waals surface area contributed by atoms with Crippen LogP contribution in [0, 0.1) is 0 Å². The largest absolute Gasteiger partial charge is 0.323 e. The Hall–Kier alpha value is -0.890. The summed E-state index contributed by atoms with van der Waals surface area (Å²) in [7, 11) is 0. The van der Waals surface area contributed by atoms with Crippen LogP contribution in [0.15, 0.2) is 30.6 Å². The average molecular weight is 261 g/mol. The molecule has 0 aliphatic carbocycles. The monoisotopic (exact) mass is 261 g/mol. The summed E-state index contributed by atoms with van der Waals surface area (Å²) in [4.78, 5) is 0. The molecule has 2 rings (SSSR count). The number of aryl methyl sites for hydroxylation is 1. The van der Waals surface area contributed by atoms with Crippen molar-refractivity contribution in [3.05, 3.63) is 41.7 Å². The smallest absolute Gasteiger partial charge is 0.0453 e. The predicted molar refractivity (Wildman–Crippen MR) is 82.8 cm³/mol. The maximum atomic E-state index is 2.30. The van der Waals surface area contributed by atoms with Gasteiger partial charge in [-0.15, -0.1) is 0 Å². The van der Waals surface area contributed by atoms with Gasteiger partial charge in [-0.05, 0) is 46.6 Å². The molecule has 2 aromatic rings. The molecule has 0 fully saturated rings. The lowest BCUT2D eigenvalue weighted by Crippen LogP contribution is -2.09. The van der Waals surface area contributed by atoms with E-state index in [1.54, 1.807) is 0 Å². The van der Waals surface area contributed by atoms with Crippen molar-refractivity contribution in [2.75, 3.05) is 11.5 Å². The van der Waals surface area contributed by atoms with Gasteiger partial charge in [0.2, 0.25) is 0 Å². The van der Waals surface area contributed by atoms with Crippen molar-refractivity contribution in [2.24, 2.45) is 0 Å². The zero-order valence-electron chi connectivity index (χ0n) is 11.9. The number of fused-ring (bicyclic) bond motifs is 1. The van der Waals surface area contributed by atoms with Gasteiger partial charge in [0, 0.05) is 17.9 Å². The summed E-state index contributed by atoms with van der Waals surface area (Å²) in [6.07, 6.45) is 5.71. The number of aromatic nitrogens is 1. The first kappa shape index (κ1) is 13.5. The minimum Gasteiger partial charge on any atom is -0.323 e. The number of hydrogen-bond acceptors (Lipinski definition) is 1. The second-order valence-corrected chi connectivity index (χ2v) is 7.19. The fourth-order valence-electron chi connectivity index (χ4n) is 2.05. The summed E-state index contributed by atoms with van der Waals surface area (Å²) in [6, 6.07) is 6.80. The number of thioether (sulfide) groups is 1. The van der Waals surface area contributed by atoms with Crippen LogP contribution in [-0.4, -0.2) is 15.9 Å². The lowest BCUT2D eigenvalue weighted by atomic mass is 9.89. The molecule has 0 saturated carbocycles. The van der Waals surface area contributed by atoms with Gasteiger partial charge < -0.3 is 4.40 Å². The van der Waals surface area contributed by atoms with Gasteiger partial charge in [-0.1, -0.05) is 33.8 Å². The van der Waals surface area contributed by atoms with Crippen LogP contribution in [0.3, 0.4) is 0 Å². The van der Waals surface area contributed by atoms with E-state index >= 15 is 0 Å². The van der Waals surface area contributed by atoms with Crippen LogP contribution in [0.5, 0.6) is 0 Å². The van der Waals surface area contributed by atoms with Crippen LogP contribution in [-0.2, 0) is 11.8 Å². The standard InChI is InChI=1S/C16H23NS/c1-5-18-9-8-13-6-7-15-10-14(16(2,3)4)12-17(15)11-13/h6-7,10-12H,5,8-9H2,1-4H3. The van der Waals surface area contributed by atoms with E-state index in [1.807, 2.05) is 11.8 Å². The number of pyridine rings is 1. The van der Waals surface area contributed by atoms with Crippen molar-refractivity contribution >= 4 is 17.3 Å². The molecule has 0 unspecified atom stereocenters. The molecule has 0 bridgehead atoms. The van der Waals surface area contributed by atoms with Gasteiger partial charge in [-0.25, -0.2) is 0 Å². The molecule has 0 saturated heterocycles. The second-order valence-electron chi connectivity index (χ2n) is 5.80. The molecular weight excluding hydrogens is 238 g/mol. The first-order valence-corrected chi connectivity index (χ1v) is 7.85. The first-order chi connectivity index (χ1) is 8.50. The topological polar surface area (TPSA) is 4.41 Å². The molecule has 2 heterocycles. The molecule has 0 radical (unpaired) electrons. The fourth-order valence-corrected chi connectivity index (χ4v) is 2.72. The molecule has 0 atom stereocenters. The van der Waals surface area contributed by atoms with E-state index in [0.29, 0.717) is 0 Å². The third-order valence-electron chi connectivity index (χ3n) is 3.26. The van der Waals surface area contributed by atoms with Gasteiger partial charge in [0.1, 0.15) is 0 Å². The Morgan fingerprint density at radius 1 is 1.17 bits per heavy atom. The van der Waals surface area contributed by atoms with Gasteiger partial charge in [0.25, 0.3) is 0 Å². The minimum absolute atomic E-state index is 0.226. The Kier molecular flexibility index (Phi) is 4.06. The molecule has 2 aromatic heterocycles. The summed E-state index contributed by atoms with van der Waals surface area (Å²) in [5.41, 5.74) is 4.36. The lowest BCUT2D eigenvalue weighted by Gasteiger charge is -2.15. The highest BCUT2D eigenvalue weighted by molar-refractivity contribution is 7.99. The van der Waals surface area contributed by atoms with E-state index < -0.39 is 0 Å². The van der Waals surface area contributed by atoms with Gasteiger partial charge in [0.15, 0.2) is 0 Å². The molecule has 0 aliphatic rings. The number of rotatable bonds is 4. The van der Waals surface area contributed by atoms with E-state index in [1.165, 1.54) is 28.1 Å². The molecule has 2 heteroatoms. The highest BCUT2D eigenvalue weighted by Crippen LogP contribution is 2.25. The first-order valence-electron chi connectivity index (χ1n) is 6.69. The quantitative estimate of drug-likeness (QED) is 0.732. The molecule has 0 N–H and O–H groups in total. The number of nitrogens with zero attached hydrogens (tertiary/aromatic N) is 1. The van der Waals surface area contributed by atoms with Crippen molar-refractivity contribution < 1.29 is 0 Å². The summed E-state index contributed by atoms with van der Waals surface area (Å²) < 4.78 is 2.27. The molecule has 1 nitrogen and oxygen atoms in total. The van der Waals surface area contributed by atoms with Gasteiger partial charge in [0.05, 0.1) is 0 Å². The summed E-state index contributed by atoms with van der Waals surface area (Å²) >= 11 is 2.01. The number of hydrogen-bond donors (Lipinski definition) is 0. The average Bonchev–Trinajstić information content (AvgIpc) is 2.72. The van der Waals surface area contributed by atoms with Crippen LogP contribution in [0.1, 0.15) is 38.8 Å². The third-order valence-corrected chi connectivity index (χ3v) is 4.16. The third kappa shape index (κ3) is 3.11. The summed E-state index contributed by atoms with van der Waals surface area (Å²) in [5, 5.41) is 0. The zero-order valence-corrected chi connectivity index (χ0v) is 12.7. The predicted octanol–water partition coefficient (Wildman–Crippen LogP) is 4.53. The van der Waals surface area contributed by atoms with E-state index in [4.69, 9.17) is 0 Å². The van der Waals surface area contributed by atoms with Crippen LogP contribution < -0.4 is 0 Å². The maximum absolute atomic E-state index is 2.30. The van der Waals surface area contributed by atoms with Crippen molar-refractivity contribution in [2.45, 2.75) is 39.5 Å². The van der Waals surface area contributed by atoms with Crippen LogP contribution in [0.2, 0.25) is 0 Å². The van der Waals surface area contributed by atoms with Crippen molar-refractivity contribution in [3.63, 3.8) is 0 Å². The molecule has 18 heavy (non-hydrogen) atoms. The molecule has 0 spiro atoms. The minimum atomic E-state index is 0.226. The van der Waals surface area contributed by atoms with E-state index in [0.717, 1.165) is 6.42 Å². The highest BCUT2D eigenvalue weighted by Gasteiger charge is 2.15. The Labute approximate surface area is 115 Å². The fraction of sp³-hybridized carbons (Fsp3) is 0.500. The summed E-state index contributed by atoms with van der Waals surface area (Å²) in [5.74, 6) is 2.43. The maximum Gasteiger partial charge on any atom is 0.0453 e. The van der Waals surface area contributed by atoms with Crippen molar-refractivity contribution in [1.29, 1.82) is 0 Å².